The van der Waals surface area contributed by atoms with Crippen molar-refractivity contribution in [3.8, 4) is 5.69 Å². The molecule has 2 rings (SSSR count). The number of hydrogen-bond acceptors (Lipinski definition) is 2. The van der Waals surface area contributed by atoms with Crippen molar-refractivity contribution < 1.29 is 4.39 Å². The molecule has 0 unspecified atom stereocenters. The lowest BCUT2D eigenvalue weighted by Gasteiger charge is -2.10. The number of benzene rings is 1. The summed E-state index contributed by atoms with van der Waals surface area (Å²) in [5.74, 6) is 0.691. The topological polar surface area (TPSA) is 29.9 Å². The number of hydrogen-bond donors (Lipinski definition) is 1. The van der Waals surface area contributed by atoms with Crippen molar-refractivity contribution in [3.63, 3.8) is 0 Å². The van der Waals surface area contributed by atoms with Gasteiger partial charge in [0.25, 0.3) is 0 Å². The number of aromatic nitrogens is 2. The third-order valence-electron chi connectivity index (χ3n) is 2.84. The lowest BCUT2D eigenvalue weighted by atomic mass is 10.2. The Hall–Kier alpha value is -1.68. The van der Waals surface area contributed by atoms with Gasteiger partial charge in [0.15, 0.2) is 0 Å². The Bertz CT molecular complexity index is 520. The van der Waals surface area contributed by atoms with Crippen molar-refractivity contribution in [3.05, 3.63) is 47.8 Å². The first kappa shape index (κ1) is 12.8. The summed E-state index contributed by atoms with van der Waals surface area (Å²) < 4.78 is 15.9. The summed E-state index contributed by atoms with van der Waals surface area (Å²) in [6.45, 7) is 2.76. The summed E-state index contributed by atoms with van der Waals surface area (Å²) in [7, 11) is 1.85. The zero-order valence-electron chi connectivity index (χ0n) is 10.8. The quantitative estimate of drug-likeness (QED) is 0.880. The zero-order valence-corrected chi connectivity index (χ0v) is 10.8. The molecular weight excluding hydrogens is 229 g/mol. The van der Waals surface area contributed by atoms with Crippen LogP contribution in [0.2, 0.25) is 0 Å². The predicted molar refractivity (Wildman–Crippen MR) is 70.3 cm³/mol. The minimum atomic E-state index is -0.210. The summed E-state index contributed by atoms with van der Waals surface area (Å²) in [6, 6.07) is 5.31. The van der Waals surface area contributed by atoms with Gasteiger partial charge in [0.1, 0.15) is 11.6 Å². The third-order valence-corrected chi connectivity index (χ3v) is 2.84. The van der Waals surface area contributed by atoms with Crippen LogP contribution in [0.25, 0.3) is 5.69 Å². The molecule has 0 aliphatic rings. The molecule has 1 N–H and O–H groups in total. The highest BCUT2D eigenvalue weighted by molar-refractivity contribution is 5.37. The van der Waals surface area contributed by atoms with E-state index >= 15 is 0 Å². The molecular formula is C14H18FN3. The van der Waals surface area contributed by atoms with Crippen molar-refractivity contribution in [2.75, 3.05) is 7.05 Å². The van der Waals surface area contributed by atoms with Crippen LogP contribution in [-0.4, -0.2) is 16.6 Å². The van der Waals surface area contributed by atoms with Crippen LogP contribution in [-0.2, 0) is 13.0 Å². The van der Waals surface area contributed by atoms with E-state index in [1.165, 1.54) is 0 Å². The van der Waals surface area contributed by atoms with E-state index in [2.05, 4.69) is 17.2 Å². The standard InChI is InChI=1S/C14H18FN3/c1-3-4-14-17-7-8-18(14)13-6-5-11(10-16-2)9-12(13)15/h5-9,16H,3-4,10H2,1-2H3. The van der Waals surface area contributed by atoms with Crippen LogP contribution < -0.4 is 5.32 Å². The van der Waals surface area contributed by atoms with Gasteiger partial charge in [-0.25, -0.2) is 9.37 Å². The highest BCUT2D eigenvalue weighted by Gasteiger charge is 2.09. The van der Waals surface area contributed by atoms with Crippen molar-refractivity contribution in [2.24, 2.45) is 0 Å². The van der Waals surface area contributed by atoms with Gasteiger partial charge in [-0.3, -0.25) is 0 Å². The van der Waals surface area contributed by atoms with Crippen molar-refractivity contribution in [2.45, 2.75) is 26.3 Å². The van der Waals surface area contributed by atoms with E-state index in [-0.39, 0.29) is 5.82 Å². The van der Waals surface area contributed by atoms with Crippen LogP contribution in [0, 0.1) is 5.82 Å². The summed E-state index contributed by atoms with van der Waals surface area (Å²) in [5, 5.41) is 3.01. The zero-order chi connectivity index (χ0) is 13.0. The molecule has 1 aromatic heterocycles. The molecule has 0 aliphatic heterocycles. The van der Waals surface area contributed by atoms with Crippen LogP contribution in [0.15, 0.2) is 30.6 Å². The van der Waals surface area contributed by atoms with Gasteiger partial charge >= 0.3 is 0 Å². The maximum absolute atomic E-state index is 14.1. The number of nitrogens with one attached hydrogen (secondary N) is 1. The molecule has 0 bridgehead atoms. The van der Waals surface area contributed by atoms with Gasteiger partial charge in [0, 0.05) is 25.4 Å². The monoisotopic (exact) mass is 247 g/mol. The van der Waals surface area contributed by atoms with Gasteiger partial charge < -0.3 is 9.88 Å². The van der Waals surface area contributed by atoms with Crippen molar-refractivity contribution >= 4 is 0 Å². The minimum absolute atomic E-state index is 0.210. The van der Waals surface area contributed by atoms with Gasteiger partial charge in [0.2, 0.25) is 0 Å². The van der Waals surface area contributed by atoms with Crippen LogP contribution >= 0.6 is 0 Å². The highest BCUT2D eigenvalue weighted by Crippen LogP contribution is 2.17. The molecule has 0 atom stereocenters. The lowest BCUT2D eigenvalue weighted by Crippen LogP contribution is -2.07. The molecule has 1 aromatic carbocycles. The molecule has 0 fully saturated rings. The number of nitrogens with zero attached hydrogens (tertiary/aromatic N) is 2. The Morgan fingerprint density at radius 2 is 2.22 bits per heavy atom. The summed E-state index contributed by atoms with van der Waals surface area (Å²) in [6.07, 6.45) is 5.37. The van der Waals surface area contributed by atoms with E-state index in [0.717, 1.165) is 24.2 Å². The molecule has 0 saturated heterocycles. The Morgan fingerprint density at radius 1 is 1.39 bits per heavy atom. The van der Waals surface area contributed by atoms with E-state index in [9.17, 15) is 4.39 Å². The van der Waals surface area contributed by atoms with E-state index in [4.69, 9.17) is 0 Å². The molecule has 0 amide bonds. The molecule has 0 aliphatic carbocycles. The van der Waals surface area contributed by atoms with Crippen molar-refractivity contribution in [1.82, 2.24) is 14.9 Å². The highest BCUT2D eigenvalue weighted by atomic mass is 19.1. The van der Waals surface area contributed by atoms with Gasteiger partial charge in [0.05, 0.1) is 5.69 Å². The SMILES string of the molecule is CCCc1nccn1-c1ccc(CNC)cc1F. The van der Waals surface area contributed by atoms with Gasteiger partial charge in [-0.1, -0.05) is 13.0 Å². The first-order valence-electron chi connectivity index (χ1n) is 6.22. The van der Waals surface area contributed by atoms with Crippen LogP contribution in [0.3, 0.4) is 0 Å². The van der Waals surface area contributed by atoms with Crippen LogP contribution in [0.5, 0.6) is 0 Å². The number of halogens is 1. The maximum atomic E-state index is 14.1. The Labute approximate surface area is 107 Å². The molecule has 0 spiro atoms. The van der Waals surface area contributed by atoms with Crippen molar-refractivity contribution in [1.29, 1.82) is 0 Å². The first-order valence-corrected chi connectivity index (χ1v) is 6.22. The van der Waals surface area contributed by atoms with E-state index in [1.807, 2.05) is 23.7 Å². The molecule has 96 valence electrons. The van der Waals surface area contributed by atoms with Crippen LogP contribution in [0.4, 0.5) is 4.39 Å². The van der Waals surface area contributed by atoms with E-state index < -0.39 is 0 Å². The fourth-order valence-electron chi connectivity index (χ4n) is 2.02. The van der Waals surface area contributed by atoms with Gasteiger partial charge in [-0.15, -0.1) is 0 Å². The molecule has 3 nitrogen and oxygen atoms in total. The second kappa shape index (κ2) is 5.78. The fourth-order valence-corrected chi connectivity index (χ4v) is 2.02. The lowest BCUT2D eigenvalue weighted by molar-refractivity contribution is 0.610. The maximum Gasteiger partial charge on any atom is 0.147 e. The minimum Gasteiger partial charge on any atom is -0.316 e. The van der Waals surface area contributed by atoms with Gasteiger partial charge in [-0.2, -0.15) is 0 Å². The Kier molecular flexibility index (Phi) is 4.10. The number of imidazole rings is 1. The summed E-state index contributed by atoms with van der Waals surface area (Å²) in [4.78, 5) is 4.27. The summed E-state index contributed by atoms with van der Waals surface area (Å²) >= 11 is 0. The Balaban J connectivity index is 2.35. The Morgan fingerprint density at radius 3 is 2.89 bits per heavy atom. The molecule has 4 heteroatoms. The third kappa shape index (κ3) is 2.59. The normalized spacial score (nSPS) is 10.8. The van der Waals surface area contributed by atoms with E-state index in [0.29, 0.717) is 12.2 Å². The summed E-state index contributed by atoms with van der Waals surface area (Å²) in [5.41, 5.74) is 1.51. The van der Waals surface area contributed by atoms with E-state index in [1.54, 1.807) is 18.5 Å². The second-order valence-corrected chi connectivity index (χ2v) is 4.28. The van der Waals surface area contributed by atoms with Gasteiger partial charge in [-0.05, 0) is 31.2 Å². The largest absolute Gasteiger partial charge is 0.316 e. The average Bonchev–Trinajstić information content (AvgIpc) is 2.78. The second-order valence-electron chi connectivity index (χ2n) is 4.28. The fraction of sp³-hybridized carbons (Fsp3) is 0.357. The molecule has 0 saturated carbocycles. The molecule has 18 heavy (non-hydrogen) atoms. The molecule has 1 heterocycles. The molecule has 2 aromatic rings. The predicted octanol–water partition coefficient (Wildman–Crippen LogP) is 2.68. The number of aryl methyl sites for hydroxylation is 1. The average molecular weight is 247 g/mol. The number of rotatable bonds is 5. The van der Waals surface area contributed by atoms with Crippen LogP contribution in [0.1, 0.15) is 24.7 Å². The smallest absolute Gasteiger partial charge is 0.147 e. The first-order chi connectivity index (χ1) is 8.76. The molecule has 0 radical (unpaired) electrons.